The Hall–Kier alpha value is -3.91. The van der Waals surface area contributed by atoms with E-state index in [0.717, 1.165) is 33.7 Å². The van der Waals surface area contributed by atoms with Crippen LogP contribution >= 0.6 is 0 Å². The average molecular weight is 444 g/mol. The summed E-state index contributed by atoms with van der Waals surface area (Å²) in [5, 5.41) is 4.16. The maximum Gasteiger partial charge on any atom is 0.261 e. The number of sulfonamides is 1. The summed E-state index contributed by atoms with van der Waals surface area (Å²) in [6.45, 7) is 3.89. The van der Waals surface area contributed by atoms with Crippen molar-refractivity contribution < 1.29 is 8.42 Å². The van der Waals surface area contributed by atoms with Crippen LogP contribution in [0.3, 0.4) is 0 Å². The van der Waals surface area contributed by atoms with Crippen LogP contribution in [-0.2, 0) is 10.0 Å². The van der Waals surface area contributed by atoms with E-state index >= 15 is 0 Å². The Labute approximate surface area is 186 Å². The van der Waals surface area contributed by atoms with E-state index in [1.165, 1.54) is 0 Å². The Bertz CT molecular complexity index is 1520. The van der Waals surface area contributed by atoms with Crippen molar-refractivity contribution >= 4 is 21.4 Å². The van der Waals surface area contributed by atoms with Gasteiger partial charge in [0.1, 0.15) is 5.65 Å². The summed E-state index contributed by atoms with van der Waals surface area (Å²) in [7, 11) is -3.76. The topological polar surface area (TPSA) is 81.3 Å². The third kappa shape index (κ3) is 3.76. The van der Waals surface area contributed by atoms with E-state index in [2.05, 4.69) is 14.8 Å². The molecule has 5 aromatic rings. The van der Waals surface area contributed by atoms with Crippen molar-refractivity contribution in [1.82, 2.24) is 19.2 Å². The molecule has 0 atom stereocenters. The van der Waals surface area contributed by atoms with Gasteiger partial charge in [0.05, 0.1) is 22.0 Å². The van der Waals surface area contributed by atoms with Crippen LogP contribution in [0.4, 0.5) is 5.69 Å². The van der Waals surface area contributed by atoms with E-state index in [-0.39, 0.29) is 4.90 Å². The summed E-state index contributed by atoms with van der Waals surface area (Å²) in [5.41, 5.74) is 5.72. The minimum absolute atomic E-state index is 0.182. The number of benzene rings is 2. The molecule has 0 bridgehead atoms. The smallest absolute Gasteiger partial charge is 0.261 e. The van der Waals surface area contributed by atoms with Crippen molar-refractivity contribution in [3.63, 3.8) is 0 Å². The highest BCUT2D eigenvalue weighted by Crippen LogP contribution is 2.27. The predicted molar refractivity (Wildman–Crippen MR) is 124 cm³/mol. The highest BCUT2D eigenvalue weighted by molar-refractivity contribution is 7.92. The summed E-state index contributed by atoms with van der Waals surface area (Å²) in [5.74, 6) is 0. The van der Waals surface area contributed by atoms with Crippen molar-refractivity contribution in [1.29, 1.82) is 0 Å². The minimum atomic E-state index is -3.76. The molecule has 0 spiro atoms. The molecule has 0 unspecified atom stereocenters. The van der Waals surface area contributed by atoms with Crippen LogP contribution in [0.15, 0.2) is 90.3 Å². The standard InChI is InChI=1S/C24H21N5O2S/c1-17-10-13-28-16-23(26-24(28)14-17)19-5-4-18(2)22(15-19)27-32(30,31)21-8-6-20(7-9-21)29-12-3-11-25-29/h3-16,27H,1-2H3. The molecule has 3 aromatic heterocycles. The second-order valence-corrected chi connectivity index (χ2v) is 9.36. The molecule has 3 heterocycles. The molecular formula is C24H21N5O2S. The number of anilines is 1. The molecule has 0 radical (unpaired) electrons. The summed E-state index contributed by atoms with van der Waals surface area (Å²) < 4.78 is 32.4. The van der Waals surface area contributed by atoms with Gasteiger partial charge in [0.15, 0.2) is 0 Å². The van der Waals surface area contributed by atoms with E-state index in [4.69, 9.17) is 0 Å². The molecule has 8 heteroatoms. The Morgan fingerprint density at radius 2 is 1.75 bits per heavy atom. The Kier molecular flexibility index (Phi) is 4.79. The van der Waals surface area contributed by atoms with Gasteiger partial charge in [0, 0.05) is 30.4 Å². The fraction of sp³-hybridized carbons (Fsp3) is 0.0833. The molecular weight excluding hydrogens is 422 g/mol. The monoisotopic (exact) mass is 443 g/mol. The maximum atomic E-state index is 13.0. The van der Waals surface area contributed by atoms with E-state index < -0.39 is 10.0 Å². The number of nitrogens with zero attached hydrogens (tertiary/aromatic N) is 4. The van der Waals surface area contributed by atoms with Crippen LogP contribution < -0.4 is 4.72 Å². The molecule has 0 aliphatic carbocycles. The van der Waals surface area contributed by atoms with E-state index in [1.807, 2.05) is 67.0 Å². The van der Waals surface area contributed by atoms with Crippen LogP contribution in [0.2, 0.25) is 0 Å². The summed E-state index contributed by atoms with van der Waals surface area (Å²) >= 11 is 0. The first-order valence-electron chi connectivity index (χ1n) is 10.1. The normalized spacial score (nSPS) is 11.7. The van der Waals surface area contributed by atoms with Crippen molar-refractivity contribution in [3.05, 3.63) is 96.6 Å². The number of fused-ring (bicyclic) bond motifs is 1. The largest absolute Gasteiger partial charge is 0.306 e. The summed E-state index contributed by atoms with van der Waals surface area (Å²) in [6, 6.07) is 18.1. The van der Waals surface area contributed by atoms with Gasteiger partial charge in [-0.3, -0.25) is 4.72 Å². The highest BCUT2D eigenvalue weighted by atomic mass is 32.2. The molecule has 0 saturated heterocycles. The minimum Gasteiger partial charge on any atom is -0.306 e. The number of nitrogens with one attached hydrogen (secondary N) is 1. The number of imidazole rings is 1. The fourth-order valence-electron chi connectivity index (χ4n) is 3.52. The molecule has 1 N–H and O–H groups in total. The zero-order chi connectivity index (χ0) is 22.3. The second-order valence-electron chi connectivity index (χ2n) is 7.68. The molecule has 160 valence electrons. The molecule has 0 amide bonds. The lowest BCUT2D eigenvalue weighted by molar-refractivity contribution is 0.601. The second kappa shape index (κ2) is 7.65. The van der Waals surface area contributed by atoms with Gasteiger partial charge >= 0.3 is 0 Å². The maximum absolute atomic E-state index is 13.0. The van der Waals surface area contributed by atoms with Gasteiger partial charge in [-0.2, -0.15) is 5.10 Å². The first-order chi connectivity index (χ1) is 15.4. The van der Waals surface area contributed by atoms with Crippen molar-refractivity contribution in [2.75, 3.05) is 4.72 Å². The number of hydrogen-bond acceptors (Lipinski definition) is 4. The van der Waals surface area contributed by atoms with Gasteiger partial charge in [-0.15, -0.1) is 0 Å². The van der Waals surface area contributed by atoms with Crippen LogP contribution in [0.25, 0.3) is 22.6 Å². The molecule has 5 rings (SSSR count). The van der Waals surface area contributed by atoms with Crippen molar-refractivity contribution in [3.8, 4) is 16.9 Å². The van der Waals surface area contributed by atoms with E-state index in [1.54, 1.807) is 41.3 Å². The number of hydrogen-bond donors (Lipinski definition) is 1. The lowest BCUT2D eigenvalue weighted by atomic mass is 10.1. The third-order valence-corrected chi connectivity index (χ3v) is 6.69. The number of pyridine rings is 1. The lowest BCUT2D eigenvalue weighted by Gasteiger charge is -2.12. The molecule has 7 nitrogen and oxygen atoms in total. The van der Waals surface area contributed by atoms with Gasteiger partial charge in [0.2, 0.25) is 0 Å². The van der Waals surface area contributed by atoms with Gasteiger partial charge in [-0.1, -0.05) is 12.1 Å². The first-order valence-corrected chi connectivity index (χ1v) is 11.6. The highest BCUT2D eigenvalue weighted by Gasteiger charge is 2.16. The van der Waals surface area contributed by atoms with Crippen molar-refractivity contribution in [2.24, 2.45) is 0 Å². The Morgan fingerprint density at radius 3 is 2.50 bits per heavy atom. The molecule has 2 aromatic carbocycles. The van der Waals surface area contributed by atoms with E-state index in [0.29, 0.717) is 5.69 Å². The average Bonchev–Trinajstić information content (AvgIpc) is 3.45. The lowest BCUT2D eigenvalue weighted by Crippen LogP contribution is -2.14. The van der Waals surface area contributed by atoms with Gasteiger partial charge in [-0.05, 0) is 73.5 Å². The Morgan fingerprint density at radius 1 is 0.938 bits per heavy atom. The quantitative estimate of drug-likeness (QED) is 0.430. The summed E-state index contributed by atoms with van der Waals surface area (Å²) in [4.78, 5) is 4.86. The van der Waals surface area contributed by atoms with Crippen LogP contribution in [0.1, 0.15) is 11.1 Å². The van der Waals surface area contributed by atoms with Crippen LogP contribution in [-0.4, -0.2) is 27.6 Å². The van der Waals surface area contributed by atoms with Crippen LogP contribution in [0.5, 0.6) is 0 Å². The summed E-state index contributed by atoms with van der Waals surface area (Å²) in [6.07, 6.45) is 7.38. The van der Waals surface area contributed by atoms with Gasteiger partial charge in [-0.25, -0.2) is 18.1 Å². The SMILES string of the molecule is Cc1ccn2cc(-c3ccc(C)c(NS(=O)(=O)c4ccc(-n5cccn5)cc4)c3)nc2c1. The van der Waals surface area contributed by atoms with E-state index in [9.17, 15) is 8.42 Å². The molecule has 0 aliphatic rings. The number of aromatic nitrogens is 4. The zero-order valence-electron chi connectivity index (χ0n) is 17.6. The van der Waals surface area contributed by atoms with Crippen molar-refractivity contribution in [2.45, 2.75) is 18.7 Å². The molecule has 32 heavy (non-hydrogen) atoms. The molecule has 0 fully saturated rings. The first kappa shape index (κ1) is 20.0. The van der Waals surface area contributed by atoms with Crippen LogP contribution in [0, 0.1) is 13.8 Å². The predicted octanol–water partition coefficient (Wildman–Crippen LogP) is 4.60. The fourth-order valence-corrected chi connectivity index (χ4v) is 4.64. The molecule has 0 aliphatic heterocycles. The number of aryl methyl sites for hydroxylation is 2. The number of rotatable bonds is 5. The zero-order valence-corrected chi connectivity index (χ0v) is 18.4. The Balaban J connectivity index is 1.45. The third-order valence-electron chi connectivity index (χ3n) is 5.31. The van der Waals surface area contributed by atoms with Gasteiger partial charge in [0.25, 0.3) is 10.0 Å². The molecule has 0 saturated carbocycles. The van der Waals surface area contributed by atoms with Gasteiger partial charge < -0.3 is 4.40 Å².